The minimum absolute atomic E-state index is 0.0533. The Morgan fingerprint density at radius 3 is 2.55 bits per heavy atom. The number of hydrogen-bond donors (Lipinski definition) is 3. The summed E-state index contributed by atoms with van der Waals surface area (Å²) in [7, 11) is 0. The maximum absolute atomic E-state index is 10.7. The highest BCUT2D eigenvalue weighted by Gasteiger charge is 2.47. The average molecular weight is 556 g/mol. The van der Waals surface area contributed by atoms with Crippen molar-refractivity contribution in [1.82, 2.24) is 14.5 Å². The van der Waals surface area contributed by atoms with Crippen LogP contribution in [0.2, 0.25) is 0 Å². The van der Waals surface area contributed by atoms with Crippen LogP contribution in [0.4, 0.5) is 11.5 Å². The number of nitrogens with zero attached hydrogens (tertiary/aromatic N) is 3. The van der Waals surface area contributed by atoms with Crippen LogP contribution in [0.15, 0.2) is 67.1 Å². The van der Waals surface area contributed by atoms with Crippen molar-refractivity contribution in [1.29, 1.82) is 0 Å². The third-order valence-electron chi connectivity index (χ3n) is 6.21. The SMILES string of the molecule is C[C@]1(n2cc(-c3ccccc3)c3c(Nc4ccc(CCI)cc4)ncnc32)OC[C@H](O)[C@@H]1O. The molecule has 2 aromatic heterocycles. The molecule has 1 fully saturated rings. The van der Waals surface area contributed by atoms with Gasteiger partial charge in [-0.25, -0.2) is 9.97 Å². The van der Waals surface area contributed by atoms with Crippen LogP contribution in [0.3, 0.4) is 0 Å². The van der Waals surface area contributed by atoms with Gasteiger partial charge in [-0.2, -0.15) is 0 Å². The summed E-state index contributed by atoms with van der Waals surface area (Å²) in [5.74, 6) is 0.663. The molecule has 3 heterocycles. The highest BCUT2D eigenvalue weighted by atomic mass is 127. The Bertz CT molecular complexity index is 1260. The molecule has 3 N–H and O–H groups in total. The van der Waals surface area contributed by atoms with Crippen molar-refractivity contribution >= 4 is 45.1 Å². The molecule has 8 heteroatoms. The maximum atomic E-state index is 10.7. The number of ether oxygens (including phenoxy) is 1. The molecule has 4 aromatic rings. The molecule has 0 spiro atoms. The van der Waals surface area contributed by atoms with Gasteiger partial charge in [-0.15, -0.1) is 0 Å². The lowest BCUT2D eigenvalue weighted by Gasteiger charge is -2.29. The van der Waals surface area contributed by atoms with E-state index in [4.69, 9.17) is 4.74 Å². The molecule has 170 valence electrons. The third kappa shape index (κ3) is 4.01. The zero-order valence-electron chi connectivity index (χ0n) is 18.1. The van der Waals surface area contributed by atoms with Crippen molar-refractivity contribution in [3.05, 3.63) is 72.7 Å². The van der Waals surface area contributed by atoms with Gasteiger partial charge in [0.25, 0.3) is 0 Å². The van der Waals surface area contributed by atoms with E-state index in [2.05, 4.69) is 62.1 Å². The first-order chi connectivity index (χ1) is 16.0. The molecule has 0 radical (unpaired) electrons. The molecular weight excluding hydrogens is 531 g/mol. The molecule has 0 saturated carbocycles. The van der Waals surface area contributed by atoms with E-state index in [0.717, 1.165) is 33.0 Å². The molecule has 1 aliphatic heterocycles. The van der Waals surface area contributed by atoms with Gasteiger partial charge in [-0.1, -0.05) is 65.1 Å². The smallest absolute Gasteiger partial charge is 0.172 e. The number of fused-ring (bicyclic) bond motifs is 1. The fraction of sp³-hybridized carbons (Fsp3) is 0.280. The summed E-state index contributed by atoms with van der Waals surface area (Å²) in [4.78, 5) is 9.11. The van der Waals surface area contributed by atoms with Crippen molar-refractivity contribution < 1.29 is 14.9 Å². The predicted octanol–water partition coefficient (Wildman–Crippen LogP) is 4.24. The molecule has 0 aliphatic carbocycles. The number of hydrogen-bond acceptors (Lipinski definition) is 6. The first-order valence-electron chi connectivity index (χ1n) is 10.9. The van der Waals surface area contributed by atoms with E-state index >= 15 is 0 Å². The second-order valence-corrected chi connectivity index (χ2v) is 9.42. The van der Waals surface area contributed by atoms with Crippen molar-refractivity contribution in [2.75, 3.05) is 16.4 Å². The molecule has 0 amide bonds. The fourth-order valence-corrected chi connectivity index (χ4v) is 4.95. The van der Waals surface area contributed by atoms with Gasteiger partial charge in [0, 0.05) is 21.9 Å². The summed E-state index contributed by atoms with van der Waals surface area (Å²) in [5, 5.41) is 25.2. The van der Waals surface area contributed by atoms with E-state index < -0.39 is 17.9 Å². The quantitative estimate of drug-likeness (QED) is 0.243. The molecule has 1 saturated heterocycles. The summed E-state index contributed by atoms with van der Waals surface area (Å²) >= 11 is 2.38. The van der Waals surface area contributed by atoms with Gasteiger partial charge in [0.15, 0.2) is 5.72 Å². The molecular formula is C25H25IN4O3. The first-order valence-corrected chi connectivity index (χ1v) is 12.4. The second kappa shape index (κ2) is 9.02. The fourth-order valence-electron chi connectivity index (χ4n) is 4.33. The number of aliphatic hydroxyl groups excluding tert-OH is 2. The van der Waals surface area contributed by atoms with Crippen LogP contribution in [0.5, 0.6) is 0 Å². The van der Waals surface area contributed by atoms with Gasteiger partial charge < -0.3 is 24.8 Å². The Kier molecular flexibility index (Phi) is 6.09. The summed E-state index contributed by atoms with van der Waals surface area (Å²) in [6, 6.07) is 18.3. The lowest BCUT2D eigenvalue weighted by atomic mass is 10.1. The number of halogens is 1. The standard InChI is InChI=1S/C25H25IN4O3/c1-25(22(32)20(31)14-33-25)30-13-19(17-5-3-2-4-6-17)21-23(27-15-28-24(21)30)29-18-9-7-16(8-10-18)11-12-26/h2-10,13,15,20,22,31-32H,11-12,14H2,1H3,(H,27,28,29)/t20-,22-,25-/m0/s1. The van der Waals surface area contributed by atoms with Crippen LogP contribution in [0, 0.1) is 0 Å². The van der Waals surface area contributed by atoms with Crippen LogP contribution >= 0.6 is 22.6 Å². The second-order valence-electron chi connectivity index (χ2n) is 8.34. The van der Waals surface area contributed by atoms with Crippen molar-refractivity contribution in [3.63, 3.8) is 0 Å². The monoisotopic (exact) mass is 556 g/mol. The van der Waals surface area contributed by atoms with Crippen molar-refractivity contribution in [2.24, 2.45) is 0 Å². The molecule has 2 aromatic carbocycles. The van der Waals surface area contributed by atoms with Crippen LogP contribution in [0.1, 0.15) is 12.5 Å². The maximum Gasteiger partial charge on any atom is 0.172 e. The van der Waals surface area contributed by atoms with E-state index in [-0.39, 0.29) is 6.61 Å². The van der Waals surface area contributed by atoms with Gasteiger partial charge >= 0.3 is 0 Å². The number of aromatic nitrogens is 3. The van der Waals surface area contributed by atoms with Crippen molar-refractivity contribution in [3.8, 4) is 11.1 Å². The van der Waals surface area contributed by atoms with Crippen molar-refractivity contribution in [2.45, 2.75) is 31.3 Å². The number of nitrogens with one attached hydrogen (secondary N) is 1. The third-order valence-corrected chi connectivity index (χ3v) is 6.74. The minimum Gasteiger partial charge on any atom is -0.388 e. The van der Waals surface area contributed by atoms with Gasteiger partial charge in [0.05, 0.1) is 12.0 Å². The normalized spacial score (nSPS) is 22.7. The molecule has 0 bridgehead atoms. The van der Waals surface area contributed by atoms with Gasteiger partial charge in [-0.05, 0) is 36.6 Å². The van der Waals surface area contributed by atoms with E-state index in [1.54, 1.807) is 6.92 Å². The molecule has 7 nitrogen and oxygen atoms in total. The first kappa shape index (κ1) is 22.3. The molecule has 1 aliphatic rings. The van der Waals surface area contributed by atoms with Gasteiger partial charge in [0.2, 0.25) is 0 Å². The zero-order chi connectivity index (χ0) is 23.0. The number of aryl methyl sites for hydroxylation is 1. The lowest BCUT2D eigenvalue weighted by Crippen LogP contribution is -2.42. The van der Waals surface area contributed by atoms with Crippen LogP contribution in [-0.4, -0.2) is 48.0 Å². The summed E-state index contributed by atoms with van der Waals surface area (Å²) < 4.78 is 8.77. The van der Waals surface area contributed by atoms with E-state index in [9.17, 15) is 10.2 Å². The number of benzene rings is 2. The molecule has 3 atom stereocenters. The topological polar surface area (TPSA) is 92.4 Å². The summed E-state index contributed by atoms with van der Waals surface area (Å²) in [6.45, 7) is 1.82. The number of alkyl halides is 1. The van der Waals surface area contributed by atoms with E-state index in [1.165, 1.54) is 11.9 Å². The largest absolute Gasteiger partial charge is 0.388 e. The highest BCUT2D eigenvalue weighted by Crippen LogP contribution is 2.40. The number of aliphatic hydroxyl groups is 2. The van der Waals surface area contributed by atoms with Crippen LogP contribution in [-0.2, 0) is 16.9 Å². The molecule has 33 heavy (non-hydrogen) atoms. The number of anilines is 2. The average Bonchev–Trinajstić information content (AvgIpc) is 3.36. The van der Waals surface area contributed by atoms with Gasteiger partial charge in [-0.3, -0.25) is 0 Å². The van der Waals surface area contributed by atoms with Gasteiger partial charge in [0.1, 0.15) is 30.0 Å². The Labute approximate surface area is 205 Å². The lowest BCUT2D eigenvalue weighted by molar-refractivity contribution is -0.107. The Morgan fingerprint density at radius 2 is 1.88 bits per heavy atom. The Morgan fingerprint density at radius 1 is 1.12 bits per heavy atom. The summed E-state index contributed by atoms with van der Waals surface area (Å²) in [6.07, 6.45) is 2.40. The van der Waals surface area contributed by atoms with Crippen LogP contribution < -0.4 is 5.32 Å². The number of rotatable bonds is 6. The molecule has 5 rings (SSSR count). The Hall–Kier alpha value is -2.53. The predicted molar refractivity (Wildman–Crippen MR) is 137 cm³/mol. The minimum atomic E-state index is -1.16. The zero-order valence-corrected chi connectivity index (χ0v) is 20.3. The summed E-state index contributed by atoms with van der Waals surface area (Å²) in [5.41, 5.74) is 3.58. The molecule has 0 unspecified atom stereocenters. The highest BCUT2D eigenvalue weighted by molar-refractivity contribution is 14.1. The Balaban J connectivity index is 1.66. The van der Waals surface area contributed by atoms with Crippen LogP contribution in [0.25, 0.3) is 22.2 Å². The van der Waals surface area contributed by atoms with E-state index in [1.807, 2.05) is 41.1 Å². The van der Waals surface area contributed by atoms with E-state index in [0.29, 0.717) is 11.5 Å².